The van der Waals surface area contributed by atoms with Crippen molar-refractivity contribution >= 4 is 33.6 Å². The zero-order valence-corrected chi connectivity index (χ0v) is 19.8. The van der Waals surface area contributed by atoms with Crippen molar-refractivity contribution in [1.29, 1.82) is 0 Å². The van der Waals surface area contributed by atoms with Crippen LogP contribution < -0.4 is 20.7 Å². The Morgan fingerprint density at radius 3 is 2.56 bits per heavy atom. The SMILES string of the molecule is COc1ccc2[nH]c(C)c(CC(=O)NCCNCCNC(=O)c3cn(C)c4ccccc34)c2c1. The van der Waals surface area contributed by atoms with E-state index in [-0.39, 0.29) is 11.8 Å². The fourth-order valence-corrected chi connectivity index (χ4v) is 4.24. The molecule has 0 aliphatic carbocycles. The molecule has 0 radical (unpaired) electrons. The Hall–Kier alpha value is -3.78. The third kappa shape index (κ3) is 5.07. The van der Waals surface area contributed by atoms with Gasteiger partial charge < -0.3 is 30.2 Å². The number of aromatic amines is 1. The first-order valence-corrected chi connectivity index (χ1v) is 11.4. The second-order valence-electron chi connectivity index (χ2n) is 8.34. The molecule has 0 atom stereocenters. The molecule has 0 unspecified atom stereocenters. The Kier molecular flexibility index (Phi) is 7.18. The molecule has 0 saturated carbocycles. The largest absolute Gasteiger partial charge is 0.497 e. The van der Waals surface area contributed by atoms with Crippen LogP contribution in [-0.4, -0.2) is 54.7 Å². The maximum Gasteiger partial charge on any atom is 0.253 e. The fourth-order valence-electron chi connectivity index (χ4n) is 4.24. The standard InChI is InChI=1S/C26H31N5O3/c1-17-20(21-14-18(34-3)8-9-23(21)30-17)15-25(32)28-12-10-27-11-13-29-26(33)22-16-31(2)24-7-5-4-6-19(22)24/h4-9,14,16,27,30H,10-13,15H2,1-3H3,(H,28,32)(H,29,33). The third-order valence-electron chi connectivity index (χ3n) is 6.02. The monoisotopic (exact) mass is 461 g/mol. The summed E-state index contributed by atoms with van der Waals surface area (Å²) in [6.45, 7) is 4.24. The molecule has 0 spiro atoms. The minimum atomic E-state index is -0.0855. The summed E-state index contributed by atoms with van der Waals surface area (Å²) in [6, 6.07) is 13.7. The molecular formula is C26H31N5O3. The number of hydrogen-bond acceptors (Lipinski definition) is 4. The highest BCUT2D eigenvalue weighted by Crippen LogP contribution is 2.26. The van der Waals surface area contributed by atoms with Gasteiger partial charge in [-0.05, 0) is 36.8 Å². The smallest absolute Gasteiger partial charge is 0.253 e. The number of H-pyrrole nitrogens is 1. The molecule has 178 valence electrons. The Balaban J connectivity index is 1.18. The first kappa shape index (κ1) is 23.4. The van der Waals surface area contributed by atoms with Crippen LogP contribution in [0.25, 0.3) is 21.8 Å². The molecule has 0 saturated heterocycles. The van der Waals surface area contributed by atoms with Gasteiger partial charge in [0.05, 0.1) is 19.1 Å². The summed E-state index contributed by atoms with van der Waals surface area (Å²) >= 11 is 0. The first-order valence-electron chi connectivity index (χ1n) is 11.4. The van der Waals surface area contributed by atoms with Gasteiger partial charge in [-0.25, -0.2) is 0 Å². The van der Waals surface area contributed by atoms with Crippen molar-refractivity contribution in [2.24, 2.45) is 7.05 Å². The second-order valence-corrected chi connectivity index (χ2v) is 8.34. The van der Waals surface area contributed by atoms with E-state index < -0.39 is 0 Å². The van der Waals surface area contributed by atoms with Gasteiger partial charge in [-0.2, -0.15) is 0 Å². The number of para-hydroxylation sites is 1. The van der Waals surface area contributed by atoms with Gasteiger partial charge in [0.15, 0.2) is 0 Å². The number of aryl methyl sites for hydroxylation is 2. The Bertz CT molecular complexity index is 1320. The average Bonchev–Trinajstić information content (AvgIpc) is 3.34. The lowest BCUT2D eigenvalue weighted by Crippen LogP contribution is -2.36. The van der Waals surface area contributed by atoms with E-state index in [1.165, 1.54) is 0 Å². The predicted molar refractivity (Wildman–Crippen MR) is 134 cm³/mol. The summed E-state index contributed by atoms with van der Waals surface area (Å²) in [5.74, 6) is 0.653. The quantitative estimate of drug-likeness (QED) is 0.273. The number of hydrogen-bond donors (Lipinski definition) is 4. The molecule has 0 bridgehead atoms. The summed E-state index contributed by atoms with van der Waals surface area (Å²) in [5, 5.41) is 11.1. The maximum absolute atomic E-state index is 12.5. The number of amides is 2. The first-order chi connectivity index (χ1) is 16.5. The van der Waals surface area contributed by atoms with Crippen molar-refractivity contribution in [3.05, 3.63) is 65.5 Å². The van der Waals surface area contributed by atoms with Crippen molar-refractivity contribution < 1.29 is 14.3 Å². The molecule has 4 N–H and O–H groups in total. The van der Waals surface area contributed by atoms with Gasteiger partial charge in [0.1, 0.15) is 5.75 Å². The van der Waals surface area contributed by atoms with Crippen LogP contribution >= 0.6 is 0 Å². The molecule has 8 heteroatoms. The third-order valence-corrected chi connectivity index (χ3v) is 6.02. The molecule has 8 nitrogen and oxygen atoms in total. The summed E-state index contributed by atoms with van der Waals surface area (Å²) in [6.07, 6.45) is 2.16. The van der Waals surface area contributed by atoms with E-state index in [1.54, 1.807) is 7.11 Å². The van der Waals surface area contributed by atoms with E-state index in [0.717, 1.165) is 38.8 Å². The maximum atomic E-state index is 12.5. The van der Waals surface area contributed by atoms with E-state index in [1.807, 2.05) is 67.2 Å². The van der Waals surface area contributed by atoms with Crippen molar-refractivity contribution in [3.63, 3.8) is 0 Å². The van der Waals surface area contributed by atoms with Crippen LogP contribution in [0.1, 0.15) is 21.6 Å². The molecule has 0 aliphatic rings. The van der Waals surface area contributed by atoms with Crippen LogP contribution in [0.2, 0.25) is 0 Å². The summed E-state index contributed by atoms with van der Waals surface area (Å²) < 4.78 is 7.27. The van der Waals surface area contributed by atoms with Crippen LogP contribution in [0.15, 0.2) is 48.7 Å². The molecular weight excluding hydrogens is 430 g/mol. The lowest BCUT2D eigenvalue weighted by Gasteiger charge is -2.08. The topological polar surface area (TPSA) is 100 Å². The number of benzene rings is 2. The number of ether oxygens (including phenoxy) is 1. The van der Waals surface area contributed by atoms with Crippen molar-refractivity contribution in [2.45, 2.75) is 13.3 Å². The molecule has 0 fully saturated rings. The Morgan fingerprint density at radius 1 is 1.00 bits per heavy atom. The van der Waals surface area contributed by atoms with Gasteiger partial charge in [-0.3, -0.25) is 9.59 Å². The number of carbonyl (C=O) groups is 2. The van der Waals surface area contributed by atoms with Crippen LogP contribution in [0.3, 0.4) is 0 Å². The highest BCUT2D eigenvalue weighted by atomic mass is 16.5. The van der Waals surface area contributed by atoms with Gasteiger partial charge >= 0.3 is 0 Å². The zero-order chi connectivity index (χ0) is 24.1. The van der Waals surface area contributed by atoms with Crippen LogP contribution in [0, 0.1) is 6.92 Å². The molecule has 34 heavy (non-hydrogen) atoms. The number of nitrogens with one attached hydrogen (secondary N) is 4. The van der Waals surface area contributed by atoms with E-state index in [9.17, 15) is 9.59 Å². The summed E-state index contributed by atoms with van der Waals surface area (Å²) in [4.78, 5) is 28.3. The number of aromatic nitrogens is 2. The van der Waals surface area contributed by atoms with Crippen molar-refractivity contribution in [1.82, 2.24) is 25.5 Å². The zero-order valence-electron chi connectivity index (χ0n) is 19.8. The van der Waals surface area contributed by atoms with Gasteiger partial charge in [-0.1, -0.05) is 18.2 Å². The van der Waals surface area contributed by atoms with Gasteiger partial charge in [0.25, 0.3) is 5.91 Å². The molecule has 4 aromatic rings. The van der Waals surface area contributed by atoms with E-state index in [4.69, 9.17) is 4.74 Å². The second kappa shape index (κ2) is 10.4. The van der Waals surface area contributed by atoms with Crippen molar-refractivity contribution in [2.75, 3.05) is 33.3 Å². The molecule has 2 aromatic heterocycles. The molecule has 2 heterocycles. The molecule has 0 aliphatic heterocycles. The predicted octanol–water partition coefficient (Wildman–Crippen LogP) is 2.65. The number of carbonyl (C=O) groups excluding carboxylic acids is 2. The van der Waals surface area contributed by atoms with Gasteiger partial charge in [0, 0.05) is 66.9 Å². The van der Waals surface area contributed by atoms with Crippen LogP contribution in [-0.2, 0) is 18.3 Å². The molecule has 2 aromatic carbocycles. The summed E-state index contributed by atoms with van der Waals surface area (Å²) in [5.41, 5.74) is 4.67. The normalized spacial score (nSPS) is 11.1. The van der Waals surface area contributed by atoms with Crippen LogP contribution in [0.5, 0.6) is 5.75 Å². The Labute approximate surface area is 198 Å². The lowest BCUT2D eigenvalue weighted by molar-refractivity contribution is -0.120. The number of rotatable bonds is 10. The van der Waals surface area contributed by atoms with Gasteiger partial charge in [0.2, 0.25) is 5.91 Å². The van der Waals surface area contributed by atoms with Gasteiger partial charge in [-0.15, -0.1) is 0 Å². The fraction of sp³-hybridized carbons (Fsp3) is 0.308. The lowest BCUT2D eigenvalue weighted by atomic mass is 10.1. The van der Waals surface area contributed by atoms with E-state index >= 15 is 0 Å². The Morgan fingerprint density at radius 2 is 1.76 bits per heavy atom. The minimum absolute atomic E-state index is 0.0297. The molecule has 4 rings (SSSR count). The minimum Gasteiger partial charge on any atom is -0.497 e. The number of nitrogens with zero attached hydrogens (tertiary/aromatic N) is 1. The van der Waals surface area contributed by atoms with Crippen molar-refractivity contribution in [3.8, 4) is 5.75 Å². The highest BCUT2D eigenvalue weighted by Gasteiger charge is 2.14. The molecule has 2 amide bonds. The average molecular weight is 462 g/mol. The number of fused-ring (bicyclic) bond motifs is 2. The van der Waals surface area contributed by atoms with E-state index in [2.05, 4.69) is 20.9 Å². The highest BCUT2D eigenvalue weighted by molar-refractivity contribution is 6.07. The summed E-state index contributed by atoms with van der Waals surface area (Å²) in [7, 11) is 3.57. The van der Waals surface area contributed by atoms with E-state index in [0.29, 0.717) is 38.2 Å². The number of methoxy groups -OCH3 is 1. The van der Waals surface area contributed by atoms with Crippen LogP contribution in [0.4, 0.5) is 0 Å².